The number of hydrogen-bond acceptors (Lipinski definition) is 5. The van der Waals surface area contributed by atoms with E-state index in [2.05, 4.69) is 15.5 Å². The molecular formula is C17H14Cl2N4O2S. The van der Waals surface area contributed by atoms with Crippen LogP contribution in [0.5, 0.6) is 0 Å². The van der Waals surface area contributed by atoms with Crippen LogP contribution in [0.1, 0.15) is 16.0 Å². The maximum atomic E-state index is 12.5. The number of carbonyl (C=O) groups is 1. The highest BCUT2D eigenvalue weighted by Gasteiger charge is 2.13. The van der Waals surface area contributed by atoms with Crippen LogP contribution < -0.4 is 11.0 Å². The average molecular weight is 409 g/mol. The lowest BCUT2D eigenvalue weighted by atomic mass is 10.2. The first kappa shape index (κ1) is 18.6. The van der Waals surface area contributed by atoms with Crippen LogP contribution in [0.25, 0.3) is 10.2 Å². The largest absolute Gasteiger partial charge is 0.289 e. The summed E-state index contributed by atoms with van der Waals surface area (Å²) in [7, 11) is 0. The quantitative estimate of drug-likeness (QED) is 0.529. The molecule has 0 aliphatic rings. The Kier molecular flexibility index (Phi) is 5.41. The van der Waals surface area contributed by atoms with Gasteiger partial charge < -0.3 is 0 Å². The number of benzene rings is 1. The van der Waals surface area contributed by atoms with Crippen LogP contribution in [-0.2, 0) is 11.3 Å². The number of amides is 1. The molecule has 0 aliphatic carbocycles. The maximum absolute atomic E-state index is 12.5. The Morgan fingerprint density at radius 2 is 2.12 bits per heavy atom. The lowest BCUT2D eigenvalue weighted by Crippen LogP contribution is -2.30. The van der Waals surface area contributed by atoms with E-state index < -0.39 is 5.91 Å². The fraction of sp³-hybridized carbons (Fsp3) is 0.176. The molecule has 1 amide bonds. The summed E-state index contributed by atoms with van der Waals surface area (Å²) in [5, 5.41) is 5.26. The third-order valence-electron chi connectivity index (χ3n) is 3.82. The van der Waals surface area contributed by atoms with E-state index in [-0.39, 0.29) is 12.1 Å². The SMILES string of the molecule is Cc1sc2ncn(CC(=O)N/N=C/c3ccc(Cl)c(Cl)c3)c(=O)c2c1C. The van der Waals surface area contributed by atoms with Crippen molar-refractivity contribution in [3.05, 3.63) is 60.9 Å². The second-order valence-corrected chi connectivity index (χ2v) is 7.63. The number of thiophene rings is 1. The summed E-state index contributed by atoms with van der Waals surface area (Å²) in [5.74, 6) is -0.436. The molecular weight excluding hydrogens is 395 g/mol. The molecule has 0 atom stereocenters. The molecule has 0 bridgehead atoms. The molecule has 2 aromatic heterocycles. The number of fused-ring (bicyclic) bond motifs is 1. The summed E-state index contributed by atoms with van der Waals surface area (Å²) in [6.07, 6.45) is 2.82. The zero-order valence-corrected chi connectivity index (χ0v) is 16.2. The number of halogens is 2. The highest BCUT2D eigenvalue weighted by molar-refractivity contribution is 7.18. The van der Waals surface area contributed by atoms with Gasteiger partial charge in [0.25, 0.3) is 11.5 Å². The van der Waals surface area contributed by atoms with Crippen molar-refractivity contribution in [1.82, 2.24) is 15.0 Å². The van der Waals surface area contributed by atoms with Crippen molar-refractivity contribution in [2.45, 2.75) is 20.4 Å². The molecule has 0 unspecified atom stereocenters. The minimum Gasteiger partial charge on any atom is -0.289 e. The fourth-order valence-electron chi connectivity index (χ4n) is 2.34. The van der Waals surface area contributed by atoms with Crippen LogP contribution in [0.2, 0.25) is 10.0 Å². The summed E-state index contributed by atoms with van der Waals surface area (Å²) >= 11 is 13.2. The summed E-state index contributed by atoms with van der Waals surface area (Å²) < 4.78 is 1.27. The third-order valence-corrected chi connectivity index (χ3v) is 5.67. The molecule has 0 aliphatic heterocycles. The van der Waals surface area contributed by atoms with Gasteiger partial charge in [-0.25, -0.2) is 10.4 Å². The van der Waals surface area contributed by atoms with E-state index in [1.807, 2.05) is 13.8 Å². The Balaban J connectivity index is 1.72. The Morgan fingerprint density at radius 3 is 2.85 bits per heavy atom. The highest BCUT2D eigenvalue weighted by atomic mass is 35.5. The first-order valence-electron chi connectivity index (χ1n) is 7.59. The van der Waals surface area contributed by atoms with Crippen LogP contribution in [0, 0.1) is 13.8 Å². The summed E-state index contributed by atoms with van der Waals surface area (Å²) in [4.78, 5) is 30.6. The molecule has 0 radical (unpaired) electrons. The zero-order chi connectivity index (χ0) is 18.8. The first-order valence-corrected chi connectivity index (χ1v) is 9.16. The van der Waals surface area contributed by atoms with Gasteiger partial charge in [-0.3, -0.25) is 14.2 Å². The molecule has 0 spiro atoms. The number of carbonyl (C=O) groups excluding carboxylic acids is 1. The van der Waals surface area contributed by atoms with Crippen molar-refractivity contribution >= 4 is 56.9 Å². The predicted molar refractivity (Wildman–Crippen MR) is 106 cm³/mol. The van der Waals surface area contributed by atoms with Crippen molar-refractivity contribution in [3.8, 4) is 0 Å². The van der Waals surface area contributed by atoms with Gasteiger partial charge in [0.1, 0.15) is 11.4 Å². The second-order valence-electron chi connectivity index (χ2n) is 5.61. The lowest BCUT2D eigenvalue weighted by Gasteiger charge is -2.04. The number of aryl methyl sites for hydroxylation is 2. The number of nitrogens with one attached hydrogen (secondary N) is 1. The molecule has 134 valence electrons. The van der Waals surface area contributed by atoms with Gasteiger partial charge in [-0.05, 0) is 37.1 Å². The Hall–Kier alpha value is -2.22. The van der Waals surface area contributed by atoms with Gasteiger partial charge >= 0.3 is 0 Å². The first-order chi connectivity index (χ1) is 12.4. The van der Waals surface area contributed by atoms with Gasteiger partial charge in [-0.2, -0.15) is 5.10 Å². The topological polar surface area (TPSA) is 76.3 Å². The molecule has 0 saturated heterocycles. The molecule has 1 N–H and O–H groups in total. The number of nitrogens with zero attached hydrogens (tertiary/aromatic N) is 3. The Labute approximate surface area is 163 Å². The molecule has 3 rings (SSSR count). The second kappa shape index (κ2) is 7.57. The standard InChI is InChI=1S/C17H14Cl2N4O2S/c1-9-10(2)26-16-15(9)17(25)23(8-20-16)7-14(24)22-21-6-11-3-4-12(18)13(19)5-11/h3-6,8H,7H2,1-2H3,(H,22,24)/b21-6+. The summed E-state index contributed by atoms with van der Waals surface area (Å²) in [6, 6.07) is 4.98. The van der Waals surface area contributed by atoms with E-state index in [1.54, 1.807) is 18.2 Å². The highest BCUT2D eigenvalue weighted by Crippen LogP contribution is 2.25. The predicted octanol–water partition coefficient (Wildman–Crippen LogP) is 3.53. The van der Waals surface area contributed by atoms with Gasteiger partial charge in [-0.1, -0.05) is 29.3 Å². The average Bonchev–Trinajstić information content (AvgIpc) is 2.89. The molecule has 9 heteroatoms. The van der Waals surface area contributed by atoms with Crippen molar-refractivity contribution in [1.29, 1.82) is 0 Å². The van der Waals surface area contributed by atoms with Gasteiger partial charge in [0.2, 0.25) is 0 Å². The molecule has 26 heavy (non-hydrogen) atoms. The molecule has 3 aromatic rings. The summed E-state index contributed by atoms with van der Waals surface area (Å²) in [5.41, 5.74) is 3.73. The Morgan fingerprint density at radius 1 is 1.35 bits per heavy atom. The van der Waals surface area contributed by atoms with Crippen LogP contribution in [-0.4, -0.2) is 21.7 Å². The molecule has 1 aromatic carbocycles. The van der Waals surface area contributed by atoms with E-state index in [0.717, 1.165) is 10.4 Å². The molecule has 6 nitrogen and oxygen atoms in total. The van der Waals surface area contributed by atoms with Crippen molar-refractivity contribution in [2.75, 3.05) is 0 Å². The van der Waals surface area contributed by atoms with Gasteiger partial charge in [-0.15, -0.1) is 11.3 Å². The smallest absolute Gasteiger partial charge is 0.262 e. The zero-order valence-electron chi connectivity index (χ0n) is 13.9. The number of hydrazone groups is 1. The normalized spacial score (nSPS) is 11.4. The number of hydrogen-bond donors (Lipinski definition) is 1. The van der Waals surface area contributed by atoms with Crippen molar-refractivity contribution < 1.29 is 4.79 Å². The monoisotopic (exact) mass is 408 g/mol. The molecule has 2 heterocycles. The minimum absolute atomic E-state index is 0.172. The van der Waals surface area contributed by atoms with Crippen LogP contribution >= 0.6 is 34.5 Å². The fourth-order valence-corrected chi connectivity index (χ4v) is 3.64. The molecule has 0 fully saturated rings. The van der Waals surface area contributed by atoms with Gasteiger partial charge in [0.05, 0.1) is 28.0 Å². The van der Waals surface area contributed by atoms with Crippen molar-refractivity contribution in [3.63, 3.8) is 0 Å². The van der Waals surface area contributed by atoms with Gasteiger partial charge in [0.15, 0.2) is 0 Å². The van der Waals surface area contributed by atoms with Crippen LogP contribution in [0.4, 0.5) is 0 Å². The Bertz CT molecular complexity index is 1090. The van der Waals surface area contributed by atoms with E-state index in [9.17, 15) is 9.59 Å². The third kappa shape index (κ3) is 3.80. The summed E-state index contributed by atoms with van der Waals surface area (Å²) in [6.45, 7) is 3.65. The van der Waals surface area contributed by atoms with Crippen LogP contribution in [0.3, 0.4) is 0 Å². The minimum atomic E-state index is -0.436. The van der Waals surface area contributed by atoms with Gasteiger partial charge in [0, 0.05) is 4.88 Å². The lowest BCUT2D eigenvalue weighted by molar-refractivity contribution is -0.121. The van der Waals surface area contributed by atoms with E-state index in [0.29, 0.717) is 25.8 Å². The number of aromatic nitrogens is 2. The molecule has 0 saturated carbocycles. The number of rotatable bonds is 4. The van der Waals surface area contributed by atoms with E-state index >= 15 is 0 Å². The van der Waals surface area contributed by atoms with E-state index in [1.165, 1.54) is 28.4 Å². The maximum Gasteiger partial charge on any atom is 0.262 e. The van der Waals surface area contributed by atoms with E-state index in [4.69, 9.17) is 23.2 Å². The van der Waals surface area contributed by atoms with Crippen molar-refractivity contribution in [2.24, 2.45) is 5.10 Å². The van der Waals surface area contributed by atoms with Crippen LogP contribution in [0.15, 0.2) is 34.4 Å².